The molecule has 4 rings (SSSR count). The number of fused-ring (bicyclic) bond motifs is 5. The van der Waals surface area contributed by atoms with Gasteiger partial charge in [0.1, 0.15) is 0 Å². The van der Waals surface area contributed by atoms with E-state index in [9.17, 15) is 4.79 Å². The number of ketones is 1. The number of carbonyl (C=O) groups is 1. The van der Waals surface area contributed by atoms with Gasteiger partial charge in [-0.1, -0.05) is 25.5 Å². The predicted octanol–water partition coefficient (Wildman–Crippen LogP) is 4.54. The zero-order chi connectivity index (χ0) is 15.5. The lowest BCUT2D eigenvalue weighted by atomic mass is 9.48. The smallest absolute Gasteiger partial charge is 0.178 e. The van der Waals surface area contributed by atoms with Crippen LogP contribution in [0.25, 0.3) is 0 Å². The first-order valence-electron chi connectivity index (χ1n) is 8.89. The number of terminal acetylenes is 1. The van der Waals surface area contributed by atoms with Gasteiger partial charge in [0.05, 0.1) is 0 Å². The van der Waals surface area contributed by atoms with Gasteiger partial charge in [-0.05, 0) is 73.8 Å². The number of allylic oxidation sites excluding steroid dienone is 4. The Kier molecular flexibility index (Phi) is 3.00. The molecule has 4 aliphatic carbocycles. The SMILES string of the molecule is C#C[C@H]1CCC2C3CCC4=CC(=O)C=C[C@]4(C)C3CC[C@@]21C. The molecule has 0 aromatic rings. The Labute approximate surface area is 134 Å². The third-order valence-corrected chi connectivity index (χ3v) is 7.76. The summed E-state index contributed by atoms with van der Waals surface area (Å²) in [5.74, 6) is 6.04. The highest BCUT2D eigenvalue weighted by Crippen LogP contribution is 2.65. The zero-order valence-corrected chi connectivity index (χ0v) is 13.8. The van der Waals surface area contributed by atoms with Gasteiger partial charge in [-0.15, -0.1) is 12.3 Å². The van der Waals surface area contributed by atoms with E-state index in [1.807, 2.05) is 6.08 Å². The number of hydrogen-bond acceptors (Lipinski definition) is 1. The molecule has 0 heterocycles. The first-order chi connectivity index (χ1) is 10.5. The molecule has 22 heavy (non-hydrogen) atoms. The second-order valence-corrected chi connectivity index (χ2v) is 8.44. The van der Waals surface area contributed by atoms with Gasteiger partial charge in [-0.25, -0.2) is 0 Å². The van der Waals surface area contributed by atoms with Crippen molar-refractivity contribution in [1.29, 1.82) is 0 Å². The molecule has 3 unspecified atom stereocenters. The molecule has 0 aromatic carbocycles. The zero-order valence-electron chi connectivity index (χ0n) is 13.8. The summed E-state index contributed by atoms with van der Waals surface area (Å²) < 4.78 is 0. The van der Waals surface area contributed by atoms with Crippen molar-refractivity contribution in [3.05, 3.63) is 23.8 Å². The van der Waals surface area contributed by atoms with Crippen molar-refractivity contribution >= 4 is 5.78 Å². The van der Waals surface area contributed by atoms with Crippen LogP contribution in [0.2, 0.25) is 0 Å². The lowest BCUT2D eigenvalue weighted by Crippen LogP contribution is -2.49. The van der Waals surface area contributed by atoms with Gasteiger partial charge in [0.2, 0.25) is 0 Å². The molecule has 3 fully saturated rings. The highest BCUT2D eigenvalue weighted by atomic mass is 16.1. The van der Waals surface area contributed by atoms with Gasteiger partial charge in [0.15, 0.2) is 5.78 Å². The average Bonchev–Trinajstić information content (AvgIpc) is 2.84. The Morgan fingerprint density at radius 2 is 2.00 bits per heavy atom. The second-order valence-electron chi connectivity index (χ2n) is 8.44. The van der Waals surface area contributed by atoms with Crippen molar-refractivity contribution in [2.45, 2.75) is 52.4 Å². The predicted molar refractivity (Wildman–Crippen MR) is 88.9 cm³/mol. The molecule has 6 atom stereocenters. The Morgan fingerprint density at radius 1 is 1.18 bits per heavy atom. The van der Waals surface area contributed by atoms with E-state index < -0.39 is 0 Å². The van der Waals surface area contributed by atoms with Gasteiger partial charge in [-0.3, -0.25) is 4.79 Å². The van der Waals surface area contributed by atoms with Crippen LogP contribution in [-0.2, 0) is 4.79 Å². The maximum atomic E-state index is 11.8. The van der Waals surface area contributed by atoms with Crippen LogP contribution in [0.1, 0.15) is 52.4 Å². The van der Waals surface area contributed by atoms with Gasteiger partial charge in [0.25, 0.3) is 0 Å². The molecule has 0 aliphatic heterocycles. The summed E-state index contributed by atoms with van der Waals surface area (Å²) in [5.41, 5.74) is 1.87. The van der Waals surface area contributed by atoms with Gasteiger partial charge < -0.3 is 0 Å². The van der Waals surface area contributed by atoms with E-state index in [0.717, 1.165) is 18.3 Å². The van der Waals surface area contributed by atoms with Crippen LogP contribution in [0.4, 0.5) is 0 Å². The molecule has 0 saturated heterocycles. The molecule has 116 valence electrons. The highest BCUT2D eigenvalue weighted by Gasteiger charge is 2.58. The summed E-state index contributed by atoms with van der Waals surface area (Å²) in [7, 11) is 0. The highest BCUT2D eigenvalue weighted by molar-refractivity contribution is 6.01. The van der Waals surface area contributed by atoms with Crippen molar-refractivity contribution in [3.8, 4) is 12.3 Å². The second kappa shape index (κ2) is 4.60. The van der Waals surface area contributed by atoms with Crippen LogP contribution in [0.5, 0.6) is 0 Å². The summed E-state index contributed by atoms with van der Waals surface area (Å²) in [5, 5.41) is 0. The van der Waals surface area contributed by atoms with Crippen molar-refractivity contribution in [2.24, 2.45) is 34.5 Å². The minimum absolute atomic E-state index is 0.117. The fourth-order valence-corrected chi connectivity index (χ4v) is 6.47. The number of hydrogen-bond donors (Lipinski definition) is 0. The van der Waals surface area contributed by atoms with Gasteiger partial charge >= 0.3 is 0 Å². The molecule has 0 bridgehead atoms. The molecule has 1 heteroatoms. The fraction of sp³-hybridized carbons (Fsp3) is 0.667. The van der Waals surface area contributed by atoms with Crippen molar-refractivity contribution in [1.82, 2.24) is 0 Å². The van der Waals surface area contributed by atoms with Crippen LogP contribution >= 0.6 is 0 Å². The van der Waals surface area contributed by atoms with Gasteiger partial charge in [0, 0.05) is 11.3 Å². The van der Waals surface area contributed by atoms with Crippen LogP contribution < -0.4 is 0 Å². The maximum absolute atomic E-state index is 11.8. The molecule has 1 nitrogen and oxygen atoms in total. The van der Waals surface area contributed by atoms with E-state index in [1.54, 1.807) is 6.08 Å². The van der Waals surface area contributed by atoms with E-state index in [2.05, 4.69) is 25.8 Å². The van der Waals surface area contributed by atoms with Crippen LogP contribution in [0, 0.1) is 46.8 Å². The Bertz CT molecular complexity index is 618. The molecule has 0 aromatic heterocycles. The first-order valence-corrected chi connectivity index (χ1v) is 8.89. The summed E-state index contributed by atoms with van der Waals surface area (Å²) in [6, 6.07) is 0. The molecule has 0 spiro atoms. The molecule has 3 saturated carbocycles. The maximum Gasteiger partial charge on any atom is 0.178 e. The van der Waals surface area contributed by atoms with E-state index in [1.165, 1.54) is 37.7 Å². The molecular weight excluding hydrogens is 268 g/mol. The third-order valence-electron chi connectivity index (χ3n) is 7.76. The Morgan fingerprint density at radius 3 is 2.77 bits per heavy atom. The lowest BCUT2D eigenvalue weighted by Gasteiger charge is -2.56. The molecule has 0 N–H and O–H groups in total. The molecular formula is C21H26O. The van der Waals surface area contributed by atoms with E-state index in [4.69, 9.17) is 6.42 Å². The minimum atomic E-state index is 0.117. The van der Waals surface area contributed by atoms with Crippen molar-refractivity contribution < 1.29 is 4.79 Å². The lowest BCUT2D eigenvalue weighted by molar-refractivity contribution is -0.111. The third kappa shape index (κ3) is 1.70. The summed E-state index contributed by atoms with van der Waals surface area (Å²) >= 11 is 0. The molecule has 0 amide bonds. The fourth-order valence-electron chi connectivity index (χ4n) is 6.47. The molecule has 0 radical (unpaired) electrons. The van der Waals surface area contributed by atoms with Gasteiger partial charge in [-0.2, -0.15) is 0 Å². The van der Waals surface area contributed by atoms with Crippen LogP contribution in [-0.4, -0.2) is 5.78 Å². The Hall–Kier alpha value is -1.29. The quantitative estimate of drug-likeness (QED) is 0.599. The van der Waals surface area contributed by atoms with E-state index in [0.29, 0.717) is 17.3 Å². The summed E-state index contributed by atoms with van der Waals surface area (Å²) in [6.07, 6.45) is 19.2. The first kappa shape index (κ1) is 14.3. The number of rotatable bonds is 0. The Balaban J connectivity index is 1.70. The normalized spacial score (nSPS) is 49.7. The summed E-state index contributed by atoms with van der Waals surface area (Å²) in [4.78, 5) is 11.8. The van der Waals surface area contributed by atoms with E-state index in [-0.39, 0.29) is 11.2 Å². The van der Waals surface area contributed by atoms with E-state index >= 15 is 0 Å². The molecule has 4 aliphatic rings. The average molecular weight is 294 g/mol. The van der Waals surface area contributed by atoms with Crippen LogP contribution in [0.15, 0.2) is 23.8 Å². The van der Waals surface area contributed by atoms with Crippen molar-refractivity contribution in [3.63, 3.8) is 0 Å². The monoisotopic (exact) mass is 294 g/mol. The summed E-state index contributed by atoms with van der Waals surface area (Å²) in [6.45, 7) is 4.83. The minimum Gasteiger partial charge on any atom is -0.290 e. The topological polar surface area (TPSA) is 17.1 Å². The standard InChI is InChI=1S/C21H26O/c1-4-14-6-8-18-17-7-5-15-13-16(22)9-11-21(15,3)19(17)10-12-20(14,18)2/h1,9,11,13-14,17-19H,5-8,10,12H2,2-3H3/t14-,17?,18?,19?,20+,21-/m0/s1. The number of carbonyl (C=O) groups excluding carboxylic acids is 1. The van der Waals surface area contributed by atoms with Crippen molar-refractivity contribution in [2.75, 3.05) is 0 Å². The van der Waals surface area contributed by atoms with Crippen LogP contribution in [0.3, 0.4) is 0 Å². The largest absolute Gasteiger partial charge is 0.290 e.